The number of carbonyl (C=O) groups is 2. The zero-order valence-corrected chi connectivity index (χ0v) is 19.8. The van der Waals surface area contributed by atoms with Crippen LogP contribution in [-0.2, 0) is 26.1 Å². The smallest absolute Gasteiger partial charge is 0.339 e. The fourth-order valence-electron chi connectivity index (χ4n) is 3.04. The number of hydrogen-bond donors (Lipinski definition) is 1. The van der Waals surface area contributed by atoms with E-state index >= 15 is 0 Å². The van der Waals surface area contributed by atoms with Crippen LogP contribution in [0.25, 0.3) is 0 Å². The highest BCUT2D eigenvalue weighted by Crippen LogP contribution is 2.25. The molecule has 0 radical (unpaired) electrons. The first-order valence-corrected chi connectivity index (χ1v) is 11.9. The lowest BCUT2D eigenvalue weighted by Gasteiger charge is -2.22. The van der Waals surface area contributed by atoms with Gasteiger partial charge in [-0.25, -0.2) is 13.2 Å². The van der Waals surface area contributed by atoms with Crippen LogP contribution in [0.1, 0.15) is 15.9 Å². The molecule has 0 saturated heterocycles. The molecule has 3 rings (SSSR count). The largest absolute Gasteiger partial charge is 0.465 e. The average molecular weight is 507 g/mol. The highest BCUT2D eigenvalue weighted by atomic mass is 35.5. The van der Waals surface area contributed by atoms with E-state index in [0.717, 1.165) is 4.31 Å². The van der Waals surface area contributed by atoms with Crippen LogP contribution < -0.4 is 5.32 Å². The van der Waals surface area contributed by atoms with E-state index in [0.29, 0.717) is 10.6 Å². The molecule has 0 saturated carbocycles. The van der Waals surface area contributed by atoms with Gasteiger partial charge in [0.2, 0.25) is 15.9 Å². The summed E-state index contributed by atoms with van der Waals surface area (Å²) in [5.41, 5.74) is 0.905. The Morgan fingerprint density at radius 1 is 0.939 bits per heavy atom. The molecule has 0 aliphatic heterocycles. The summed E-state index contributed by atoms with van der Waals surface area (Å²) in [5, 5.41) is 3.19. The van der Waals surface area contributed by atoms with Crippen molar-refractivity contribution in [1.29, 1.82) is 0 Å². The normalized spacial score (nSPS) is 11.3. The van der Waals surface area contributed by atoms with Gasteiger partial charge in [-0.15, -0.1) is 0 Å². The van der Waals surface area contributed by atoms with Crippen LogP contribution in [0.4, 0.5) is 5.69 Å². The number of amides is 1. The number of halogens is 2. The van der Waals surface area contributed by atoms with E-state index in [-0.39, 0.29) is 27.7 Å². The Balaban J connectivity index is 1.90. The van der Waals surface area contributed by atoms with Crippen molar-refractivity contribution in [3.63, 3.8) is 0 Å². The van der Waals surface area contributed by atoms with Crippen LogP contribution in [0.15, 0.2) is 77.7 Å². The number of benzene rings is 3. The number of hydrogen-bond acceptors (Lipinski definition) is 5. The fraction of sp³-hybridized carbons (Fsp3) is 0.130. The van der Waals surface area contributed by atoms with E-state index in [1.165, 1.54) is 31.4 Å². The first-order chi connectivity index (χ1) is 15.7. The molecular formula is C23H20Cl2N2O5S. The van der Waals surface area contributed by atoms with Crippen LogP contribution in [-0.4, -0.2) is 38.3 Å². The molecule has 0 aromatic heterocycles. The van der Waals surface area contributed by atoms with Gasteiger partial charge in [-0.1, -0.05) is 59.6 Å². The SMILES string of the molecule is COC(=O)c1ccccc1NC(=O)CN(Cc1ccc(Cl)c(Cl)c1)S(=O)(=O)c1ccccc1. The second-order valence-corrected chi connectivity index (χ2v) is 9.67. The highest BCUT2D eigenvalue weighted by molar-refractivity contribution is 7.89. The number of methoxy groups -OCH3 is 1. The van der Waals surface area contributed by atoms with Gasteiger partial charge in [0.15, 0.2) is 0 Å². The molecule has 1 N–H and O–H groups in total. The number of nitrogens with one attached hydrogen (secondary N) is 1. The van der Waals surface area contributed by atoms with Gasteiger partial charge in [-0.05, 0) is 42.0 Å². The molecule has 3 aromatic carbocycles. The minimum Gasteiger partial charge on any atom is -0.465 e. The number of nitrogens with zero attached hydrogens (tertiary/aromatic N) is 1. The molecule has 0 spiro atoms. The quantitative estimate of drug-likeness (QED) is 0.450. The van der Waals surface area contributed by atoms with Gasteiger partial charge in [-0.2, -0.15) is 4.31 Å². The highest BCUT2D eigenvalue weighted by Gasteiger charge is 2.27. The van der Waals surface area contributed by atoms with Crippen LogP contribution in [0.3, 0.4) is 0 Å². The summed E-state index contributed by atoms with van der Waals surface area (Å²) >= 11 is 12.0. The average Bonchev–Trinajstić information content (AvgIpc) is 2.81. The fourth-order valence-corrected chi connectivity index (χ4v) is 4.77. The van der Waals surface area contributed by atoms with Crippen LogP contribution in [0.2, 0.25) is 10.0 Å². The van der Waals surface area contributed by atoms with Gasteiger partial charge < -0.3 is 10.1 Å². The molecule has 172 valence electrons. The molecule has 3 aromatic rings. The number of esters is 1. The summed E-state index contributed by atoms with van der Waals surface area (Å²) in [6.45, 7) is -0.632. The minimum absolute atomic E-state index is 0.0350. The lowest BCUT2D eigenvalue weighted by atomic mass is 10.2. The van der Waals surface area contributed by atoms with E-state index < -0.39 is 28.4 Å². The van der Waals surface area contributed by atoms with Gasteiger partial charge in [0, 0.05) is 6.54 Å². The van der Waals surface area contributed by atoms with Gasteiger partial charge >= 0.3 is 5.97 Å². The van der Waals surface area contributed by atoms with Gasteiger partial charge in [-0.3, -0.25) is 4.79 Å². The molecule has 0 bridgehead atoms. The monoisotopic (exact) mass is 506 g/mol. The maximum absolute atomic E-state index is 13.3. The van der Waals surface area contributed by atoms with Crippen LogP contribution in [0, 0.1) is 0 Å². The van der Waals surface area contributed by atoms with Gasteiger partial charge in [0.1, 0.15) is 0 Å². The summed E-state index contributed by atoms with van der Waals surface area (Å²) in [7, 11) is -2.81. The third-order valence-electron chi connectivity index (χ3n) is 4.65. The van der Waals surface area contributed by atoms with Crippen molar-refractivity contribution in [2.24, 2.45) is 0 Å². The lowest BCUT2D eigenvalue weighted by molar-refractivity contribution is -0.116. The van der Waals surface area contributed by atoms with Crippen LogP contribution >= 0.6 is 23.2 Å². The zero-order valence-electron chi connectivity index (χ0n) is 17.5. The summed E-state index contributed by atoms with van der Waals surface area (Å²) in [6, 6.07) is 18.8. The summed E-state index contributed by atoms with van der Waals surface area (Å²) in [5.74, 6) is -1.26. The van der Waals surface area contributed by atoms with Crippen molar-refractivity contribution in [1.82, 2.24) is 4.31 Å². The number of para-hydroxylation sites is 1. The van der Waals surface area contributed by atoms with E-state index in [9.17, 15) is 18.0 Å². The summed E-state index contributed by atoms with van der Waals surface area (Å²) in [4.78, 5) is 24.9. The van der Waals surface area contributed by atoms with Crippen molar-refractivity contribution in [2.75, 3.05) is 19.0 Å². The second-order valence-electron chi connectivity index (χ2n) is 6.92. The Hall–Kier alpha value is -2.91. The molecule has 33 heavy (non-hydrogen) atoms. The van der Waals surface area contributed by atoms with Gasteiger partial charge in [0.05, 0.1) is 39.8 Å². The Morgan fingerprint density at radius 2 is 1.61 bits per heavy atom. The number of sulfonamides is 1. The van der Waals surface area contributed by atoms with Crippen molar-refractivity contribution in [3.05, 3.63) is 94.0 Å². The Kier molecular flexibility index (Phi) is 8.10. The molecule has 0 heterocycles. The molecular weight excluding hydrogens is 487 g/mol. The predicted molar refractivity (Wildman–Crippen MR) is 127 cm³/mol. The van der Waals surface area contributed by atoms with E-state index in [2.05, 4.69) is 5.32 Å². The van der Waals surface area contributed by atoms with Crippen molar-refractivity contribution >= 4 is 50.8 Å². The minimum atomic E-state index is -4.04. The lowest BCUT2D eigenvalue weighted by Crippen LogP contribution is -2.37. The number of rotatable bonds is 8. The van der Waals surface area contributed by atoms with E-state index in [1.807, 2.05) is 0 Å². The molecule has 0 unspecified atom stereocenters. The number of ether oxygens (including phenoxy) is 1. The van der Waals surface area contributed by atoms with Crippen molar-refractivity contribution < 1.29 is 22.7 Å². The maximum Gasteiger partial charge on any atom is 0.339 e. The molecule has 0 aliphatic carbocycles. The Labute approximate surface area is 201 Å². The number of anilines is 1. The van der Waals surface area contributed by atoms with E-state index in [4.69, 9.17) is 27.9 Å². The van der Waals surface area contributed by atoms with Crippen LogP contribution in [0.5, 0.6) is 0 Å². The first-order valence-electron chi connectivity index (χ1n) is 9.68. The summed E-state index contributed by atoms with van der Waals surface area (Å²) in [6.07, 6.45) is 0. The molecule has 1 amide bonds. The number of carbonyl (C=O) groups excluding carboxylic acids is 2. The maximum atomic E-state index is 13.3. The molecule has 0 aliphatic rings. The second kappa shape index (κ2) is 10.8. The molecule has 10 heteroatoms. The van der Waals surface area contributed by atoms with Gasteiger partial charge in [0.25, 0.3) is 0 Å². The van der Waals surface area contributed by atoms with E-state index in [1.54, 1.807) is 48.5 Å². The third-order valence-corrected chi connectivity index (χ3v) is 7.20. The molecule has 0 fully saturated rings. The Morgan fingerprint density at radius 3 is 2.27 bits per heavy atom. The standard InChI is InChI=1S/C23H20Cl2N2O5S/c1-32-23(29)18-9-5-6-10-21(18)26-22(28)15-27(14-16-11-12-19(24)20(25)13-16)33(30,31)17-7-3-2-4-8-17/h2-13H,14-15H2,1H3,(H,26,28). The van der Waals surface area contributed by atoms with Crippen molar-refractivity contribution in [2.45, 2.75) is 11.4 Å². The zero-order chi connectivity index (χ0) is 24.0. The first kappa shape index (κ1) is 24.7. The Bertz CT molecular complexity index is 1270. The topological polar surface area (TPSA) is 92.8 Å². The predicted octanol–water partition coefficient (Wildman–Crippen LogP) is 4.61. The van der Waals surface area contributed by atoms with Crippen molar-refractivity contribution in [3.8, 4) is 0 Å². The third kappa shape index (κ3) is 6.11. The summed E-state index contributed by atoms with van der Waals surface area (Å²) < 4.78 is 32.4. The molecule has 0 atom stereocenters. The molecule has 7 nitrogen and oxygen atoms in total.